The first-order chi connectivity index (χ1) is 13.5. The molecule has 1 fully saturated rings. The molecule has 0 radical (unpaired) electrons. The largest absolute Gasteiger partial charge is 0.493 e. The molecule has 0 spiro atoms. The van der Waals surface area contributed by atoms with E-state index in [-0.39, 0.29) is 11.8 Å². The van der Waals surface area contributed by atoms with Crippen LogP contribution in [-0.4, -0.2) is 38.6 Å². The Morgan fingerprint density at radius 3 is 2.54 bits per heavy atom. The molecule has 1 saturated heterocycles. The van der Waals surface area contributed by atoms with Crippen molar-refractivity contribution in [3.63, 3.8) is 0 Å². The molecule has 7 heteroatoms. The van der Waals surface area contributed by atoms with Crippen molar-refractivity contribution in [2.45, 2.75) is 25.8 Å². The van der Waals surface area contributed by atoms with Crippen molar-refractivity contribution in [3.8, 4) is 11.5 Å². The molecule has 0 aliphatic carbocycles. The van der Waals surface area contributed by atoms with E-state index in [0.29, 0.717) is 23.6 Å². The first-order valence-electron chi connectivity index (χ1n) is 9.21. The van der Waals surface area contributed by atoms with Crippen LogP contribution in [0.1, 0.15) is 19.8 Å². The molecule has 2 N–H and O–H groups in total. The van der Waals surface area contributed by atoms with E-state index in [2.05, 4.69) is 10.6 Å². The van der Waals surface area contributed by atoms with Gasteiger partial charge in [0.25, 0.3) is 0 Å². The highest BCUT2D eigenvalue weighted by molar-refractivity contribution is 5.97. The second kappa shape index (κ2) is 8.65. The third-order valence-electron chi connectivity index (χ3n) is 4.66. The summed E-state index contributed by atoms with van der Waals surface area (Å²) in [5.74, 6) is 1.09. The number of hydrogen-bond acceptors (Lipinski definition) is 5. The van der Waals surface area contributed by atoms with Gasteiger partial charge in [-0.1, -0.05) is 6.07 Å². The predicted molar refractivity (Wildman–Crippen MR) is 109 cm³/mol. The van der Waals surface area contributed by atoms with Gasteiger partial charge in [-0.15, -0.1) is 0 Å². The molecule has 2 amide bonds. The van der Waals surface area contributed by atoms with Gasteiger partial charge in [-0.3, -0.25) is 9.59 Å². The molecule has 0 aromatic heterocycles. The van der Waals surface area contributed by atoms with Crippen LogP contribution in [0.25, 0.3) is 0 Å². The molecular formula is C21H25N3O4. The highest BCUT2D eigenvalue weighted by Gasteiger charge is 2.22. The maximum absolute atomic E-state index is 12.6. The van der Waals surface area contributed by atoms with Gasteiger partial charge in [0.15, 0.2) is 11.5 Å². The quantitative estimate of drug-likeness (QED) is 0.767. The molecule has 1 aliphatic heterocycles. The number of hydrogen-bond donors (Lipinski definition) is 2. The SMILES string of the molecule is COc1ccc(NC(=O)[C@H](C)Nc2cccc(N3CCCC3=O)c2)cc1OC. The Kier molecular flexibility index (Phi) is 6.03. The van der Waals surface area contributed by atoms with Gasteiger partial charge in [-0.2, -0.15) is 0 Å². The van der Waals surface area contributed by atoms with Gasteiger partial charge in [-0.25, -0.2) is 0 Å². The van der Waals surface area contributed by atoms with Crippen LogP contribution in [0.15, 0.2) is 42.5 Å². The maximum atomic E-state index is 12.6. The molecule has 0 bridgehead atoms. The third-order valence-corrected chi connectivity index (χ3v) is 4.66. The van der Waals surface area contributed by atoms with Crippen LogP contribution in [0.2, 0.25) is 0 Å². The van der Waals surface area contributed by atoms with Gasteiger partial charge in [0.1, 0.15) is 6.04 Å². The van der Waals surface area contributed by atoms with E-state index >= 15 is 0 Å². The summed E-state index contributed by atoms with van der Waals surface area (Å²) in [5, 5.41) is 6.05. The molecule has 28 heavy (non-hydrogen) atoms. The maximum Gasteiger partial charge on any atom is 0.246 e. The average Bonchev–Trinajstić information content (AvgIpc) is 3.14. The van der Waals surface area contributed by atoms with Gasteiger partial charge in [0.05, 0.1) is 14.2 Å². The van der Waals surface area contributed by atoms with Crippen LogP contribution in [0, 0.1) is 0 Å². The lowest BCUT2D eigenvalue weighted by Crippen LogP contribution is -2.32. The van der Waals surface area contributed by atoms with Crippen LogP contribution < -0.4 is 25.0 Å². The van der Waals surface area contributed by atoms with E-state index < -0.39 is 6.04 Å². The lowest BCUT2D eigenvalue weighted by atomic mass is 10.2. The number of rotatable bonds is 7. The molecule has 1 atom stereocenters. The average molecular weight is 383 g/mol. The first kappa shape index (κ1) is 19.5. The lowest BCUT2D eigenvalue weighted by Gasteiger charge is -2.19. The van der Waals surface area contributed by atoms with Crippen LogP contribution in [0.5, 0.6) is 11.5 Å². The Hall–Kier alpha value is -3.22. The molecule has 0 unspecified atom stereocenters. The zero-order chi connectivity index (χ0) is 20.1. The first-order valence-corrected chi connectivity index (χ1v) is 9.21. The summed E-state index contributed by atoms with van der Waals surface area (Å²) in [6.07, 6.45) is 1.46. The van der Waals surface area contributed by atoms with Crippen LogP contribution in [0.4, 0.5) is 17.1 Å². The van der Waals surface area contributed by atoms with Crippen molar-refractivity contribution in [1.82, 2.24) is 0 Å². The minimum absolute atomic E-state index is 0.136. The minimum atomic E-state index is -0.474. The molecule has 0 saturated carbocycles. The van der Waals surface area contributed by atoms with Crippen LogP contribution >= 0.6 is 0 Å². The summed E-state index contributed by atoms with van der Waals surface area (Å²) in [6, 6.07) is 12.3. The number of carbonyl (C=O) groups excluding carboxylic acids is 2. The summed E-state index contributed by atoms with van der Waals surface area (Å²) < 4.78 is 10.5. The Morgan fingerprint density at radius 1 is 1.07 bits per heavy atom. The van der Waals surface area contributed by atoms with E-state index in [1.807, 2.05) is 24.3 Å². The summed E-state index contributed by atoms with van der Waals surface area (Å²) >= 11 is 0. The van der Waals surface area contributed by atoms with Gasteiger partial charge in [0.2, 0.25) is 11.8 Å². The summed E-state index contributed by atoms with van der Waals surface area (Å²) in [7, 11) is 3.11. The summed E-state index contributed by atoms with van der Waals surface area (Å²) in [6.45, 7) is 2.52. The molecule has 3 rings (SSSR count). The number of nitrogens with one attached hydrogen (secondary N) is 2. The predicted octanol–water partition coefficient (Wildman–Crippen LogP) is 3.27. The van der Waals surface area contributed by atoms with Crippen molar-refractivity contribution < 1.29 is 19.1 Å². The van der Waals surface area contributed by atoms with Gasteiger partial charge >= 0.3 is 0 Å². The molecule has 7 nitrogen and oxygen atoms in total. The summed E-state index contributed by atoms with van der Waals surface area (Å²) in [4.78, 5) is 26.3. The Bertz CT molecular complexity index is 868. The topological polar surface area (TPSA) is 79.9 Å². The van der Waals surface area contributed by atoms with E-state index in [4.69, 9.17) is 9.47 Å². The van der Waals surface area contributed by atoms with Gasteiger partial charge < -0.3 is 25.0 Å². The fourth-order valence-electron chi connectivity index (χ4n) is 3.16. The number of nitrogens with zero attached hydrogens (tertiary/aromatic N) is 1. The smallest absolute Gasteiger partial charge is 0.246 e. The molecule has 1 aliphatic rings. The number of anilines is 3. The number of methoxy groups -OCH3 is 2. The highest BCUT2D eigenvalue weighted by atomic mass is 16.5. The Morgan fingerprint density at radius 2 is 1.86 bits per heavy atom. The minimum Gasteiger partial charge on any atom is -0.493 e. The van der Waals surface area contributed by atoms with Crippen LogP contribution in [0.3, 0.4) is 0 Å². The fourth-order valence-corrected chi connectivity index (χ4v) is 3.16. The van der Waals surface area contributed by atoms with Gasteiger partial charge in [-0.05, 0) is 43.7 Å². The number of benzene rings is 2. The van der Waals surface area contributed by atoms with Crippen LogP contribution in [-0.2, 0) is 9.59 Å². The highest BCUT2D eigenvalue weighted by Crippen LogP contribution is 2.30. The number of amides is 2. The standard InChI is InChI=1S/C21H25N3O4/c1-14(21(26)23-16-9-10-18(27-2)19(13-16)28-3)22-15-6-4-7-17(12-15)24-11-5-8-20(24)25/h4,6-7,9-10,12-14,22H,5,8,11H2,1-3H3,(H,23,26)/t14-/m0/s1. The van der Waals surface area contributed by atoms with Crippen molar-refractivity contribution in [3.05, 3.63) is 42.5 Å². The zero-order valence-corrected chi connectivity index (χ0v) is 16.3. The monoisotopic (exact) mass is 383 g/mol. The number of ether oxygens (including phenoxy) is 2. The van der Waals surface area contributed by atoms with Gasteiger partial charge in [0, 0.05) is 36.1 Å². The second-order valence-corrected chi connectivity index (χ2v) is 6.62. The van der Waals surface area contributed by atoms with E-state index in [0.717, 1.165) is 24.3 Å². The molecule has 2 aromatic rings. The lowest BCUT2D eigenvalue weighted by molar-refractivity contribution is -0.117. The zero-order valence-electron chi connectivity index (χ0n) is 16.3. The van der Waals surface area contributed by atoms with Crippen molar-refractivity contribution in [2.75, 3.05) is 36.3 Å². The second-order valence-electron chi connectivity index (χ2n) is 6.62. The van der Waals surface area contributed by atoms with E-state index in [9.17, 15) is 9.59 Å². The molecular weight excluding hydrogens is 358 g/mol. The molecule has 148 valence electrons. The van der Waals surface area contributed by atoms with Crippen molar-refractivity contribution >= 4 is 28.9 Å². The summed E-state index contributed by atoms with van der Waals surface area (Å²) in [5.41, 5.74) is 2.25. The van der Waals surface area contributed by atoms with E-state index in [1.54, 1.807) is 44.2 Å². The Balaban J connectivity index is 1.65. The molecule has 1 heterocycles. The number of carbonyl (C=O) groups is 2. The van der Waals surface area contributed by atoms with E-state index in [1.165, 1.54) is 0 Å². The van der Waals surface area contributed by atoms with Crippen molar-refractivity contribution in [2.24, 2.45) is 0 Å². The third kappa shape index (κ3) is 4.36. The Labute approximate surface area is 164 Å². The normalized spacial score (nSPS) is 14.5. The van der Waals surface area contributed by atoms with Crippen molar-refractivity contribution in [1.29, 1.82) is 0 Å². The fraction of sp³-hybridized carbons (Fsp3) is 0.333. The molecule has 2 aromatic carbocycles.